The SMILES string of the molecule is CCOC(=O)/C(C)=C\C(C)=C\c1csc(C(N)CC2=CCC(C)(OCc3ccccc3)C=C2)n1. The molecular weight excluding hydrogens is 444 g/mol. The van der Waals surface area contributed by atoms with Crippen molar-refractivity contribution >= 4 is 23.4 Å². The largest absolute Gasteiger partial charge is 0.463 e. The number of nitrogens with two attached hydrogens (primary N) is 1. The maximum atomic E-state index is 11.8. The molecule has 6 heteroatoms. The van der Waals surface area contributed by atoms with Crippen molar-refractivity contribution in [1.82, 2.24) is 4.98 Å². The maximum Gasteiger partial charge on any atom is 0.333 e. The van der Waals surface area contributed by atoms with E-state index in [-0.39, 0.29) is 17.6 Å². The molecule has 0 spiro atoms. The summed E-state index contributed by atoms with van der Waals surface area (Å²) in [4.78, 5) is 16.5. The van der Waals surface area contributed by atoms with Crippen molar-refractivity contribution < 1.29 is 14.3 Å². The highest BCUT2D eigenvalue weighted by atomic mass is 32.1. The van der Waals surface area contributed by atoms with E-state index in [4.69, 9.17) is 20.2 Å². The maximum absolute atomic E-state index is 11.8. The van der Waals surface area contributed by atoms with Crippen molar-refractivity contribution in [1.29, 1.82) is 0 Å². The van der Waals surface area contributed by atoms with E-state index in [0.29, 0.717) is 18.8 Å². The number of esters is 1. The molecule has 5 nitrogen and oxygen atoms in total. The molecule has 3 rings (SSSR count). The molecule has 0 amide bonds. The van der Waals surface area contributed by atoms with Crippen LogP contribution in [0.3, 0.4) is 0 Å². The molecule has 0 saturated heterocycles. The van der Waals surface area contributed by atoms with Gasteiger partial charge in [0.25, 0.3) is 0 Å². The van der Waals surface area contributed by atoms with Crippen LogP contribution in [0.15, 0.2) is 76.7 Å². The lowest BCUT2D eigenvalue weighted by Crippen LogP contribution is -2.27. The summed E-state index contributed by atoms with van der Waals surface area (Å²) < 4.78 is 11.2. The fraction of sp³-hybridized carbons (Fsp3) is 0.357. The minimum absolute atomic E-state index is 0.172. The van der Waals surface area contributed by atoms with Crippen LogP contribution < -0.4 is 5.73 Å². The summed E-state index contributed by atoms with van der Waals surface area (Å²) >= 11 is 1.56. The Morgan fingerprint density at radius 2 is 2.06 bits per heavy atom. The number of allylic oxidation sites excluding steroid dienone is 3. The minimum Gasteiger partial charge on any atom is -0.463 e. The molecule has 0 radical (unpaired) electrons. The van der Waals surface area contributed by atoms with Gasteiger partial charge in [-0.15, -0.1) is 11.3 Å². The van der Waals surface area contributed by atoms with Gasteiger partial charge in [0.05, 0.1) is 30.6 Å². The van der Waals surface area contributed by atoms with E-state index in [9.17, 15) is 4.79 Å². The third-order valence-corrected chi connectivity index (χ3v) is 6.56. The highest BCUT2D eigenvalue weighted by molar-refractivity contribution is 7.09. The molecule has 1 aromatic heterocycles. The number of hydrogen-bond donors (Lipinski definition) is 1. The van der Waals surface area contributed by atoms with Crippen LogP contribution in [0.5, 0.6) is 0 Å². The number of ether oxygens (including phenoxy) is 2. The van der Waals surface area contributed by atoms with Gasteiger partial charge < -0.3 is 15.2 Å². The number of carbonyl (C=O) groups excluding carboxylic acids is 1. The lowest BCUT2D eigenvalue weighted by Gasteiger charge is -2.29. The minimum atomic E-state index is -0.310. The number of rotatable bonds is 10. The highest BCUT2D eigenvalue weighted by Gasteiger charge is 2.24. The fourth-order valence-electron chi connectivity index (χ4n) is 3.63. The Labute approximate surface area is 206 Å². The molecule has 2 unspecified atom stereocenters. The predicted molar refractivity (Wildman–Crippen MR) is 139 cm³/mol. The second-order valence-corrected chi connectivity index (χ2v) is 9.65. The predicted octanol–water partition coefficient (Wildman–Crippen LogP) is 6.31. The molecule has 1 heterocycles. The molecule has 0 fully saturated rings. The zero-order valence-corrected chi connectivity index (χ0v) is 21.2. The Bertz CT molecular complexity index is 1100. The van der Waals surface area contributed by atoms with Gasteiger partial charge in [0.15, 0.2) is 0 Å². The van der Waals surface area contributed by atoms with E-state index < -0.39 is 0 Å². The van der Waals surface area contributed by atoms with Crippen LogP contribution in [-0.2, 0) is 20.9 Å². The van der Waals surface area contributed by atoms with Crippen LogP contribution in [-0.4, -0.2) is 23.2 Å². The van der Waals surface area contributed by atoms with E-state index in [1.54, 1.807) is 25.2 Å². The van der Waals surface area contributed by atoms with Gasteiger partial charge in [0.1, 0.15) is 5.01 Å². The first-order chi connectivity index (χ1) is 16.3. The van der Waals surface area contributed by atoms with Crippen molar-refractivity contribution in [2.75, 3.05) is 6.61 Å². The lowest BCUT2D eigenvalue weighted by atomic mass is 9.91. The van der Waals surface area contributed by atoms with Crippen molar-refractivity contribution in [3.8, 4) is 0 Å². The van der Waals surface area contributed by atoms with Crippen molar-refractivity contribution in [3.63, 3.8) is 0 Å². The second-order valence-electron chi connectivity index (χ2n) is 8.76. The number of hydrogen-bond acceptors (Lipinski definition) is 6. The topological polar surface area (TPSA) is 74.4 Å². The van der Waals surface area contributed by atoms with Gasteiger partial charge in [-0.25, -0.2) is 9.78 Å². The van der Waals surface area contributed by atoms with Gasteiger partial charge in [-0.3, -0.25) is 0 Å². The number of aromatic nitrogens is 1. The van der Waals surface area contributed by atoms with Gasteiger partial charge in [0.2, 0.25) is 0 Å². The molecule has 180 valence electrons. The van der Waals surface area contributed by atoms with Crippen molar-refractivity contribution in [2.45, 2.75) is 58.8 Å². The fourth-order valence-corrected chi connectivity index (χ4v) is 4.41. The summed E-state index contributed by atoms with van der Waals surface area (Å²) in [6.45, 7) is 8.56. The first kappa shape index (κ1) is 25.8. The van der Waals surface area contributed by atoms with E-state index in [1.807, 2.05) is 42.7 Å². The number of benzene rings is 1. The second kappa shape index (κ2) is 12.1. The summed E-state index contributed by atoms with van der Waals surface area (Å²) in [5.41, 5.74) is 10.9. The Morgan fingerprint density at radius 3 is 2.74 bits per heavy atom. The van der Waals surface area contributed by atoms with Gasteiger partial charge in [-0.2, -0.15) is 0 Å². The molecule has 34 heavy (non-hydrogen) atoms. The van der Waals surface area contributed by atoms with Gasteiger partial charge in [0, 0.05) is 11.0 Å². The molecule has 2 aromatic rings. The van der Waals surface area contributed by atoms with E-state index in [0.717, 1.165) is 29.1 Å². The monoisotopic (exact) mass is 478 g/mol. The van der Waals surface area contributed by atoms with Crippen LogP contribution in [0, 0.1) is 0 Å². The molecule has 1 aromatic carbocycles. The summed E-state index contributed by atoms with van der Waals surface area (Å²) in [7, 11) is 0. The van der Waals surface area contributed by atoms with Crippen LogP contribution in [0.1, 0.15) is 62.8 Å². The molecule has 2 N–H and O–H groups in total. The van der Waals surface area contributed by atoms with E-state index in [1.165, 1.54) is 11.1 Å². The average molecular weight is 479 g/mol. The quantitative estimate of drug-likeness (QED) is 0.246. The highest BCUT2D eigenvalue weighted by Crippen LogP contribution is 2.30. The average Bonchev–Trinajstić information content (AvgIpc) is 3.29. The first-order valence-corrected chi connectivity index (χ1v) is 12.5. The molecular formula is C28H34N2O3S. The standard InChI is InChI=1S/C28H34N2O3S/c1-5-32-27(31)21(3)15-20(2)16-24-19-34-26(30-24)25(29)17-22-11-13-28(4,14-12-22)33-18-23-9-7-6-8-10-23/h6-13,15-16,19,25H,5,14,17-18,29H2,1-4H3/b20-16+,21-15-. The van der Waals surface area contributed by atoms with Gasteiger partial charge in [-0.05, 0) is 63.8 Å². The normalized spacial score (nSPS) is 19.6. The smallest absolute Gasteiger partial charge is 0.333 e. The van der Waals surface area contributed by atoms with Gasteiger partial charge >= 0.3 is 5.97 Å². The van der Waals surface area contributed by atoms with Crippen LogP contribution in [0.2, 0.25) is 0 Å². The van der Waals surface area contributed by atoms with E-state index in [2.05, 4.69) is 37.3 Å². The Kier molecular flexibility index (Phi) is 9.16. The first-order valence-electron chi connectivity index (χ1n) is 11.6. The molecule has 1 aliphatic carbocycles. The summed E-state index contributed by atoms with van der Waals surface area (Å²) in [5.74, 6) is -0.299. The Morgan fingerprint density at radius 1 is 1.29 bits per heavy atom. The van der Waals surface area contributed by atoms with Crippen molar-refractivity contribution in [3.05, 3.63) is 93.0 Å². The van der Waals surface area contributed by atoms with Crippen LogP contribution >= 0.6 is 11.3 Å². The lowest BCUT2D eigenvalue weighted by molar-refractivity contribution is -0.138. The number of carbonyl (C=O) groups is 1. The van der Waals surface area contributed by atoms with E-state index >= 15 is 0 Å². The summed E-state index contributed by atoms with van der Waals surface area (Å²) in [6.07, 6.45) is 11.8. The molecule has 1 aliphatic rings. The molecule has 0 saturated carbocycles. The summed E-state index contributed by atoms with van der Waals surface area (Å²) in [6, 6.07) is 10.0. The Balaban J connectivity index is 1.54. The van der Waals surface area contributed by atoms with Crippen LogP contribution in [0.25, 0.3) is 6.08 Å². The zero-order valence-electron chi connectivity index (χ0n) is 20.4. The number of thiazole rings is 1. The van der Waals surface area contributed by atoms with Crippen molar-refractivity contribution in [2.24, 2.45) is 5.73 Å². The third-order valence-electron chi connectivity index (χ3n) is 5.56. The summed E-state index contributed by atoms with van der Waals surface area (Å²) in [5, 5.41) is 2.89. The number of nitrogens with zero attached hydrogens (tertiary/aromatic N) is 1. The third kappa shape index (κ3) is 7.62. The molecule has 0 bridgehead atoms. The molecule has 0 aliphatic heterocycles. The van der Waals surface area contributed by atoms with Gasteiger partial charge in [-0.1, -0.05) is 54.1 Å². The zero-order chi connectivity index (χ0) is 24.6. The Hall–Kier alpha value is -2.80. The van der Waals surface area contributed by atoms with Crippen LogP contribution in [0.4, 0.5) is 0 Å². The molecule has 2 atom stereocenters.